The van der Waals surface area contributed by atoms with Crippen LogP contribution in [0.2, 0.25) is 0 Å². The Bertz CT molecular complexity index is 367. The fourth-order valence-corrected chi connectivity index (χ4v) is 3.55. The van der Waals surface area contributed by atoms with Crippen molar-refractivity contribution >= 4 is 32.6 Å². The molecule has 0 aliphatic heterocycles. The molecule has 0 atom stereocenters. The predicted octanol–water partition coefficient (Wildman–Crippen LogP) is 2.22. The molecule has 94 valence electrons. The van der Waals surface area contributed by atoms with Crippen LogP contribution < -0.4 is 0 Å². The van der Waals surface area contributed by atoms with Gasteiger partial charge in [0.05, 0.1) is 0 Å². The number of carbonyl (C=O) groups excluding carboxylic acids is 2. The molecule has 0 N–H and O–H groups in total. The maximum atomic E-state index is 12.0. The summed E-state index contributed by atoms with van der Waals surface area (Å²) in [4.78, 5) is 21.6. The molecule has 17 heavy (non-hydrogen) atoms. The van der Waals surface area contributed by atoms with E-state index in [0.29, 0.717) is 3.57 Å². The van der Waals surface area contributed by atoms with E-state index in [1.54, 1.807) is 30.3 Å². The van der Waals surface area contributed by atoms with E-state index in [1.807, 2.05) is 0 Å². The fraction of sp³-hybridized carbons (Fsp3) is 0.200. The van der Waals surface area contributed by atoms with Crippen molar-refractivity contribution in [2.45, 2.75) is 0 Å². The minimum absolute atomic E-state index is 0.473. The third kappa shape index (κ3) is 4.63. The molecule has 0 bridgehead atoms. The van der Waals surface area contributed by atoms with Crippen LogP contribution in [0.1, 0.15) is 0 Å². The first-order valence-corrected chi connectivity index (χ1v) is 7.31. The van der Waals surface area contributed by atoms with Gasteiger partial charge < -0.3 is 0 Å². The zero-order valence-electron chi connectivity index (χ0n) is 8.57. The molecule has 1 aromatic carbocycles. The summed E-state index contributed by atoms with van der Waals surface area (Å²) in [6.45, 7) is -2.62. The molecular formula is C10H9F2IO4. The first-order valence-electron chi connectivity index (χ1n) is 4.47. The molecule has 0 fully saturated rings. The zero-order valence-corrected chi connectivity index (χ0v) is 10.7. The number of hydrogen-bond acceptors (Lipinski definition) is 4. The van der Waals surface area contributed by atoms with E-state index in [4.69, 9.17) is 6.13 Å². The van der Waals surface area contributed by atoms with E-state index in [0.717, 1.165) is 0 Å². The van der Waals surface area contributed by atoms with Crippen LogP contribution in [-0.4, -0.2) is 25.3 Å². The van der Waals surface area contributed by atoms with Crippen LogP contribution in [0.5, 0.6) is 0 Å². The van der Waals surface area contributed by atoms with E-state index < -0.39 is 45.9 Å². The monoisotopic (exact) mass is 358 g/mol. The van der Waals surface area contributed by atoms with Crippen molar-refractivity contribution in [2.24, 2.45) is 0 Å². The third-order valence-electron chi connectivity index (χ3n) is 1.44. The Morgan fingerprint density at radius 2 is 1.47 bits per heavy atom. The van der Waals surface area contributed by atoms with Crippen LogP contribution in [0.4, 0.5) is 8.78 Å². The van der Waals surface area contributed by atoms with Gasteiger partial charge in [-0.3, -0.25) is 0 Å². The van der Waals surface area contributed by atoms with E-state index in [1.165, 1.54) is 0 Å². The fourth-order valence-electron chi connectivity index (χ4n) is 0.820. The van der Waals surface area contributed by atoms with E-state index in [9.17, 15) is 18.4 Å². The van der Waals surface area contributed by atoms with Crippen molar-refractivity contribution in [3.05, 3.63) is 33.9 Å². The van der Waals surface area contributed by atoms with Crippen molar-refractivity contribution < 1.29 is 24.5 Å². The molecule has 0 amide bonds. The number of benzene rings is 1. The Kier molecular flexibility index (Phi) is 5.81. The predicted molar refractivity (Wildman–Crippen MR) is 63.3 cm³/mol. The summed E-state index contributed by atoms with van der Waals surface area (Å²) in [5.41, 5.74) is 0. The molecule has 0 aromatic heterocycles. The van der Waals surface area contributed by atoms with E-state index in [2.05, 4.69) is 0 Å². The molecule has 0 heterocycles. The molecule has 0 aliphatic rings. The van der Waals surface area contributed by atoms with E-state index >= 15 is 0 Å². The quantitative estimate of drug-likeness (QED) is 0.758. The van der Waals surface area contributed by atoms with Crippen LogP contribution in [0.15, 0.2) is 30.3 Å². The summed E-state index contributed by atoms with van der Waals surface area (Å²) < 4.78 is 33.9. The van der Waals surface area contributed by atoms with Crippen molar-refractivity contribution in [3.63, 3.8) is 0 Å². The summed E-state index contributed by atoms with van der Waals surface area (Å²) in [6, 6.07) is 8.15. The molecule has 0 unspecified atom stereocenters. The first kappa shape index (κ1) is 13.8. The molecular weight excluding hydrogens is 349 g/mol. The van der Waals surface area contributed by atoms with Crippen molar-refractivity contribution in [3.8, 4) is 0 Å². The molecule has 0 radical (unpaired) electrons. The SMILES string of the molecule is O=C(CF)OI(OC(=O)CF)c1ccccc1. The molecule has 0 saturated heterocycles. The Labute approximate surface area is 104 Å². The average Bonchev–Trinajstić information content (AvgIpc) is 2.38. The minimum atomic E-state index is -3.11. The second kappa shape index (κ2) is 7.15. The second-order valence-electron chi connectivity index (χ2n) is 2.68. The van der Waals surface area contributed by atoms with Crippen LogP contribution in [0.3, 0.4) is 0 Å². The van der Waals surface area contributed by atoms with Gasteiger partial charge in [0.1, 0.15) is 0 Å². The molecule has 7 heteroatoms. The van der Waals surface area contributed by atoms with Gasteiger partial charge in [-0.1, -0.05) is 0 Å². The van der Waals surface area contributed by atoms with Gasteiger partial charge in [-0.2, -0.15) is 0 Å². The Morgan fingerprint density at radius 3 is 1.88 bits per heavy atom. The molecule has 0 saturated carbocycles. The van der Waals surface area contributed by atoms with Crippen LogP contribution >= 0.6 is 20.6 Å². The summed E-state index contributed by atoms with van der Waals surface area (Å²) in [5.74, 6) is -2.24. The van der Waals surface area contributed by atoms with Crippen molar-refractivity contribution in [1.29, 1.82) is 0 Å². The maximum absolute atomic E-state index is 12.0. The number of halogens is 3. The zero-order chi connectivity index (χ0) is 12.7. The number of carbonyl (C=O) groups is 2. The Balaban J connectivity index is 2.79. The summed E-state index contributed by atoms with van der Waals surface area (Å²) in [7, 11) is 0. The van der Waals surface area contributed by atoms with Gasteiger partial charge >= 0.3 is 104 Å². The second-order valence-corrected chi connectivity index (χ2v) is 6.05. The van der Waals surface area contributed by atoms with Gasteiger partial charge in [0.15, 0.2) is 0 Å². The van der Waals surface area contributed by atoms with Crippen molar-refractivity contribution in [1.82, 2.24) is 0 Å². The number of rotatable bonds is 5. The molecule has 1 rings (SSSR count). The average molecular weight is 358 g/mol. The van der Waals surface area contributed by atoms with Crippen LogP contribution in [-0.2, 0) is 15.7 Å². The van der Waals surface area contributed by atoms with E-state index in [-0.39, 0.29) is 0 Å². The van der Waals surface area contributed by atoms with Gasteiger partial charge in [-0.05, 0) is 0 Å². The summed E-state index contributed by atoms with van der Waals surface area (Å²) in [6.07, 6.45) is 0. The van der Waals surface area contributed by atoms with Crippen LogP contribution in [0.25, 0.3) is 0 Å². The van der Waals surface area contributed by atoms with Gasteiger partial charge in [0.2, 0.25) is 0 Å². The van der Waals surface area contributed by atoms with Gasteiger partial charge in [-0.25, -0.2) is 0 Å². The number of alkyl halides is 2. The molecule has 0 spiro atoms. The third-order valence-corrected chi connectivity index (χ3v) is 4.96. The Hall–Kier alpha value is -1.25. The van der Waals surface area contributed by atoms with Gasteiger partial charge in [0.25, 0.3) is 0 Å². The standard InChI is InChI=1S/C10H9F2IO4/c11-6-9(14)16-13(17-10(15)7-12)8-4-2-1-3-5-8/h1-5H,6-7H2. The van der Waals surface area contributed by atoms with Crippen molar-refractivity contribution in [2.75, 3.05) is 13.3 Å². The molecule has 0 aliphatic carbocycles. The molecule has 1 aromatic rings. The van der Waals surface area contributed by atoms with Gasteiger partial charge in [0, 0.05) is 0 Å². The summed E-state index contributed by atoms with van der Waals surface area (Å²) in [5, 5.41) is 0. The Morgan fingerprint density at radius 1 is 1.00 bits per heavy atom. The number of hydrogen-bond donors (Lipinski definition) is 0. The summed E-state index contributed by atoms with van der Waals surface area (Å²) >= 11 is -3.11. The molecule has 4 nitrogen and oxygen atoms in total. The first-order chi connectivity index (χ1) is 8.17. The van der Waals surface area contributed by atoms with Gasteiger partial charge in [-0.15, -0.1) is 0 Å². The van der Waals surface area contributed by atoms with Crippen LogP contribution in [0, 0.1) is 3.57 Å². The topological polar surface area (TPSA) is 52.6 Å². The normalized spacial score (nSPS) is 10.6.